The number of guanidine groups is 1. The smallest absolute Gasteiger partial charge is 0.324 e. The number of nitrogens with one attached hydrogen (secondary N) is 3. The summed E-state index contributed by atoms with van der Waals surface area (Å²) in [7, 11) is 0. The highest BCUT2D eigenvalue weighted by Crippen LogP contribution is 2.07. The molecule has 0 atom stereocenters. The fourth-order valence-corrected chi connectivity index (χ4v) is 2.14. The molecule has 0 spiro atoms. The zero-order chi connectivity index (χ0) is 17.2. The molecule has 1 fully saturated rings. The normalized spacial score (nSPS) is 14.0. The number of nitrogens with zero attached hydrogens (tertiary/aromatic N) is 2. The molecule has 0 aliphatic carbocycles. The van der Waals surface area contributed by atoms with E-state index in [0.29, 0.717) is 32.2 Å². The van der Waals surface area contributed by atoms with Crippen molar-refractivity contribution in [1.82, 2.24) is 20.9 Å². The van der Waals surface area contributed by atoms with Gasteiger partial charge in [0.05, 0.1) is 26.2 Å². The third-order valence-corrected chi connectivity index (χ3v) is 3.28. The van der Waals surface area contributed by atoms with Crippen LogP contribution in [-0.4, -0.2) is 62.1 Å². The standard InChI is InChI=1S/C16H23N5O3.HI/c1-2-17-15(18-8-10-21-14(22)12-20-16(21)23)19-9-11-24-13-6-4-3-5-7-13;/h3-7H,2,8-12H2,1H3,(H,20,23)(H2,17,18,19);1H. The Labute approximate surface area is 164 Å². The topological polar surface area (TPSA) is 95.1 Å². The second kappa shape index (κ2) is 11.5. The second-order valence-electron chi connectivity index (χ2n) is 5.05. The van der Waals surface area contributed by atoms with Crippen molar-refractivity contribution < 1.29 is 14.3 Å². The lowest BCUT2D eigenvalue weighted by molar-refractivity contribution is -0.124. The monoisotopic (exact) mass is 461 g/mol. The van der Waals surface area contributed by atoms with Gasteiger partial charge in [-0.3, -0.25) is 14.7 Å². The number of hydrogen-bond donors (Lipinski definition) is 3. The Morgan fingerprint density at radius 2 is 2.04 bits per heavy atom. The Morgan fingerprint density at radius 1 is 1.28 bits per heavy atom. The van der Waals surface area contributed by atoms with Crippen LogP contribution in [0.2, 0.25) is 0 Å². The Morgan fingerprint density at radius 3 is 2.68 bits per heavy atom. The van der Waals surface area contributed by atoms with E-state index in [4.69, 9.17) is 4.74 Å². The minimum Gasteiger partial charge on any atom is -0.492 e. The first kappa shape index (κ1) is 21.0. The quantitative estimate of drug-likeness (QED) is 0.175. The van der Waals surface area contributed by atoms with Gasteiger partial charge in [0.25, 0.3) is 0 Å². The van der Waals surface area contributed by atoms with Crippen LogP contribution in [0, 0.1) is 0 Å². The highest BCUT2D eigenvalue weighted by Gasteiger charge is 2.27. The second-order valence-corrected chi connectivity index (χ2v) is 5.05. The van der Waals surface area contributed by atoms with E-state index in [9.17, 15) is 9.59 Å². The highest BCUT2D eigenvalue weighted by atomic mass is 127. The SMILES string of the molecule is CCNC(=NCCN1C(=O)CNC1=O)NCCOc1ccccc1.I. The molecular formula is C16H24IN5O3. The Bertz CT molecular complexity index is 566. The number of carbonyl (C=O) groups excluding carboxylic acids is 2. The van der Waals surface area contributed by atoms with Crippen molar-refractivity contribution in [3.8, 4) is 5.75 Å². The van der Waals surface area contributed by atoms with Crippen molar-refractivity contribution in [2.75, 3.05) is 39.3 Å². The van der Waals surface area contributed by atoms with Gasteiger partial charge < -0.3 is 20.7 Å². The van der Waals surface area contributed by atoms with Gasteiger partial charge in [-0.05, 0) is 19.1 Å². The van der Waals surface area contributed by atoms with Crippen molar-refractivity contribution in [1.29, 1.82) is 0 Å². The van der Waals surface area contributed by atoms with E-state index in [1.165, 1.54) is 4.90 Å². The lowest BCUT2D eigenvalue weighted by atomic mass is 10.3. The predicted octanol–water partition coefficient (Wildman–Crippen LogP) is 0.790. The lowest BCUT2D eigenvalue weighted by Crippen LogP contribution is -2.40. The maximum atomic E-state index is 11.5. The summed E-state index contributed by atoms with van der Waals surface area (Å²) in [6, 6.07) is 9.22. The minimum absolute atomic E-state index is 0. The molecular weight excluding hydrogens is 437 g/mol. The molecule has 3 N–H and O–H groups in total. The number of ether oxygens (including phenoxy) is 1. The van der Waals surface area contributed by atoms with Crippen LogP contribution >= 0.6 is 24.0 Å². The third-order valence-electron chi connectivity index (χ3n) is 3.28. The van der Waals surface area contributed by atoms with E-state index in [0.717, 1.165) is 5.75 Å². The van der Waals surface area contributed by atoms with Crippen molar-refractivity contribution in [2.45, 2.75) is 6.92 Å². The van der Waals surface area contributed by atoms with Crippen molar-refractivity contribution in [3.63, 3.8) is 0 Å². The number of halogens is 1. The number of para-hydroxylation sites is 1. The van der Waals surface area contributed by atoms with Gasteiger partial charge in [-0.25, -0.2) is 4.79 Å². The highest BCUT2D eigenvalue weighted by molar-refractivity contribution is 14.0. The molecule has 1 aromatic carbocycles. The molecule has 1 aliphatic rings. The number of aliphatic imine (C=N–C) groups is 1. The van der Waals surface area contributed by atoms with Crippen molar-refractivity contribution in [3.05, 3.63) is 30.3 Å². The summed E-state index contributed by atoms with van der Waals surface area (Å²) in [6.07, 6.45) is 0. The number of benzene rings is 1. The molecule has 3 amide bonds. The summed E-state index contributed by atoms with van der Waals surface area (Å²) in [5.74, 6) is 1.23. The number of imide groups is 1. The summed E-state index contributed by atoms with van der Waals surface area (Å²) in [5, 5.41) is 8.74. The van der Waals surface area contributed by atoms with Crippen LogP contribution < -0.4 is 20.7 Å². The van der Waals surface area contributed by atoms with Crippen molar-refractivity contribution >= 4 is 41.9 Å². The molecule has 25 heavy (non-hydrogen) atoms. The van der Waals surface area contributed by atoms with Crippen LogP contribution in [0.4, 0.5) is 4.79 Å². The lowest BCUT2D eigenvalue weighted by Gasteiger charge is -2.13. The summed E-state index contributed by atoms with van der Waals surface area (Å²) in [6.45, 7) is 4.45. The molecule has 1 heterocycles. The van der Waals surface area contributed by atoms with E-state index >= 15 is 0 Å². The van der Waals surface area contributed by atoms with Gasteiger partial charge in [0, 0.05) is 6.54 Å². The molecule has 0 bridgehead atoms. The first-order chi connectivity index (χ1) is 11.7. The molecule has 1 aromatic rings. The zero-order valence-corrected chi connectivity index (χ0v) is 16.5. The fourth-order valence-electron chi connectivity index (χ4n) is 2.14. The van der Waals surface area contributed by atoms with Gasteiger partial charge in [0.15, 0.2) is 5.96 Å². The molecule has 0 radical (unpaired) electrons. The average molecular weight is 461 g/mol. The third kappa shape index (κ3) is 7.16. The van der Waals surface area contributed by atoms with Crippen LogP contribution in [0.25, 0.3) is 0 Å². The average Bonchev–Trinajstić information content (AvgIpc) is 2.91. The summed E-state index contributed by atoms with van der Waals surface area (Å²) in [5.41, 5.74) is 0. The van der Waals surface area contributed by atoms with E-state index in [1.807, 2.05) is 37.3 Å². The van der Waals surface area contributed by atoms with E-state index in [2.05, 4.69) is 20.9 Å². The van der Waals surface area contributed by atoms with Crippen LogP contribution in [0.5, 0.6) is 5.75 Å². The molecule has 1 aliphatic heterocycles. The first-order valence-electron chi connectivity index (χ1n) is 7.99. The Kier molecular flexibility index (Phi) is 9.66. The van der Waals surface area contributed by atoms with Gasteiger partial charge in [0.2, 0.25) is 5.91 Å². The summed E-state index contributed by atoms with van der Waals surface area (Å²) in [4.78, 5) is 28.4. The Balaban J connectivity index is 0.00000312. The number of hydrogen-bond acceptors (Lipinski definition) is 4. The zero-order valence-electron chi connectivity index (χ0n) is 14.2. The maximum absolute atomic E-state index is 11.5. The Hall–Kier alpha value is -2.04. The van der Waals surface area contributed by atoms with E-state index in [1.54, 1.807) is 0 Å². The molecule has 0 saturated carbocycles. The molecule has 138 valence electrons. The van der Waals surface area contributed by atoms with E-state index in [-0.39, 0.29) is 49.0 Å². The predicted molar refractivity (Wildman–Crippen MR) is 106 cm³/mol. The largest absolute Gasteiger partial charge is 0.492 e. The van der Waals surface area contributed by atoms with Crippen LogP contribution in [0.15, 0.2) is 35.3 Å². The number of rotatable bonds is 8. The first-order valence-corrected chi connectivity index (χ1v) is 7.99. The summed E-state index contributed by atoms with van der Waals surface area (Å²) >= 11 is 0. The molecule has 2 rings (SSSR count). The fraction of sp³-hybridized carbons (Fsp3) is 0.438. The van der Waals surface area contributed by atoms with E-state index < -0.39 is 0 Å². The molecule has 9 heteroatoms. The van der Waals surface area contributed by atoms with Crippen LogP contribution in [-0.2, 0) is 4.79 Å². The van der Waals surface area contributed by atoms with Gasteiger partial charge in [-0.2, -0.15) is 0 Å². The van der Waals surface area contributed by atoms with Gasteiger partial charge >= 0.3 is 6.03 Å². The summed E-state index contributed by atoms with van der Waals surface area (Å²) < 4.78 is 5.60. The van der Waals surface area contributed by atoms with Crippen LogP contribution in [0.3, 0.4) is 0 Å². The number of amides is 3. The number of carbonyl (C=O) groups is 2. The van der Waals surface area contributed by atoms with Gasteiger partial charge in [-0.15, -0.1) is 24.0 Å². The maximum Gasteiger partial charge on any atom is 0.324 e. The van der Waals surface area contributed by atoms with Gasteiger partial charge in [0.1, 0.15) is 12.4 Å². The van der Waals surface area contributed by atoms with Gasteiger partial charge in [-0.1, -0.05) is 18.2 Å². The van der Waals surface area contributed by atoms with Crippen molar-refractivity contribution in [2.24, 2.45) is 4.99 Å². The molecule has 1 saturated heterocycles. The molecule has 0 aromatic heterocycles. The molecule has 8 nitrogen and oxygen atoms in total. The minimum atomic E-state index is -0.357. The van der Waals surface area contributed by atoms with Crippen LogP contribution in [0.1, 0.15) is 6.92 Å². The molecule has 0 unspecified atom stereocenters. The number of urea groups is 1.